The Morgan fingerprint density at radius 2 is 2.06 bits per heavy atom. The largest absolute Gasteiger partial charge is 0.497 e. The van der Waals surface area contributed by atoms with Gasteiger partial charge in [-0.05, 0) is 30.2 Å². The summed E-state index contributed by atoms with van der Waals surface area (Å²) in [7, 11) is 1.63. The Bertz CT molecular complexity index is 339. The van der Waals surface area contributed by atoms with Gasteiger partial charge in [0.2, 0.25) is 0 Å². The molecule has 0 saturated carbocycles. The molecule has 0 heterocycles. The molecule has 0 bridgehead atoms. The van der Waals surface area contributed by atoms with E-state index in [1.165, 1.54) is 0 Å². The molecule has 0 radical (unpaired) electrons. The lowest BCUT2D eigenvalue weighted by molar-refractivity contribution is 0.106. The van der Waals surface area contributed by atoms with Gasteiger partial charge in [-0.25, -0.2) is 0 Å². The van der Waals surface area contributed by atoms with Crippen molar-refractivity contribution in [1.82, 2.24) is 5.32 Å². The van der Waals surface area contributed by atoms with Gasteiger partial charge in [-0.15, -0.1) is 0 Å². The molecule has 3 heteroatoms. The van der Waals surface area contributed by atoms with Crippen molar-refractivity contribution in [2.45, 2.75) is 32.9 Å². The molecular weight excluding hydrogens is 214 g/mol. The van der Waals surface area contributed by atoms with Gasteiger partial charge in [-0.1, -0.05) is 32.9 Å². The third kappa shape index (κ3) is 3.72. The predicted octanol–water partition coefficient (Wildman–Crippen LogP) is 2.36. The van der Waals surface area contributed by atoms with Gasteiger partial charge >= 0.3 is 0 Å². The highest BCUT2D eigenvalue weighted by atomic mass is 16.5. The van der Waals surface area contributed by atoms with Gasteiger partial charge in [0, 0.05) is 6.04 Å². The Labute approximate surface area is 104 Å². The van der Waals surface area contributed by atoms with Crippen LogP contribution in [0.3, 0.4) is 0 Å². The topological polar surface area (TPSA) is 41.5 Å². The van der Waals surface area contributed by atoms with Crippen LogP contribution in [0.4, 0.5) is 0 Å². The van der Waals surface area contributed by atoms with Crippen molar-refractivity contribution in [3.8, 4) is 5.75 Å². The van der Waals surface area contributed by atoms with Crippen LogP contribution in [-0.2, 0) is 0 Å². The normalized spacial score (nSPS) is 14.7. The third-order valence-electron chi connectivity index (χ3n) is 2.93. The minimum absolute atomic E-state index is 0.0621. The zero-order valence-electron chi connectivity index (χ0n) is 11.1. The van der Waals surface area contributed by atoms with Gasteiger partial charge in [0.05, 0.1) is 13.2 Å². The fourth-order valence-electron chi connectivity index (χ4n) is 1.98. The summed E-state index contributed by atoms with van der Waals surface area (Å²) in [5, 5.41) is 13.7. The molecule has 0 aliphatic carbocycles. The van der Waals surface area contributed by atoms with E-state index in [0.717, 1.165) is 17.9 Å². The van der Waals surface area contributed by atoms with Gasteiger partial charge in [-0.2, -0.15) is 0 Å². The van der Waals surface area contributed by atoms with Gasteiger partial charge < -0.3 is 15.2 Å². The second-order valence-corrected chi connectivity index (χ2v) is 4.55. The van der Waals surface area contributed by atoms with Gasteiger partial charge in [0.1, 0.15) is 5.75 Å². The van der Waals surface area contributed by atoms with E-state index in [1.54, 1.807) is 7.11 Å². The monoisotopic (exact) mass is 237 g/mol. The predicted molar refractivity (Wildman–Crippen MR) is 70.3 cm³/mol. The van der Waals surface area contributed by atoms with Crippen molar-refractivity contribution >= 4 is 0 Å². The van der Waals surface area contributed by atoms with Gasteiger partial charge in [0.25, 0.3) is 0 Å². The van der Waals surface area contributed by atoms with Crippen LogP contribution in [0.5, 0.6) is 5.75 Å². The Kier molecular flexibility index (Phi) is 5.45. The van der Waals surface area contributed by atoms with E-state index in [4.69, 9.17) is 4.74 Å². The summed E-state index contributed by atoms with van der Waals surface area (Å²) in [5.74, 6) is 1.15. The highest BCUT2D eigenvalue weighted by Crippen LogP contribution is 2.24. The number of rotatable bonds is 6. The number of aliphatic hydroxyl groups excluding tert-OH is 1. The van der Waals surface area contributed by atoms with Crippen LogP contribution >= 0.6 is 0 Å². The summed E-state index contributed by atoms with van der Waals surface area (Å²) in [4.78, 5) is 0. The third-order valence-corrected chi connectivity index (χ3v) is 2.93. The van der Waals surface area contributed by atoms with Crippen LogP contribution in [0.15, 0.2) is 24.3 Å². The molecule has 0 aromatic heterocycles. The zero-order valence-corrected chi connectivity index (χ0v) is 11.1. The zero-order chi connectivity index (χ0) is 12.8. The highest BCUT2D eigenvalue weighted by Gasteiger charge is 2.23. The number of methoxy groups -OCH3 is 1. The molecule has 0 saturated heterocycles. The summed E-state index contributed by atoms with van der Waals surface area (Å²) in [6.07, 6.45) is -0.509. The second kappa shape index (κ2) is 6.62. The van der Waals surface area contributed by atoms with Crippen molar-refractivity contribution in [3.05, 3.63) is 29.8 Å². The van der Waals surface area contributed by atoms with Crippen LogP contribution < -0.4 is 10.1 Å². The maximum Gasteiger partial charge on any atom is 0.119 e. The minimum atomic E-state index is -0.509. The molecule has 2 N–H and O–H groups in total. The van der Waals surface area contributed by atoms with E-state index in [0.29, 0.717) is 5.92 Å². The fraction of sp³-hybridized carbons (Fsp3) is 0.571. The molecular formula is C14H23NO2. The first-order valence-corrected chi connectivity index (χ1v) is 6.15. The molecule has 2 unspecified atom stereocenters. The summed E-state index contributed by atoms with van der Waals surface area (Å²) < 4.78 is 5.17. The number of benzene rings is 1. The number of nitrogens with one attached hydrogen (secondary N) is 1. The Morgan fingerprint density at radius 3 is 2.59 bits per heavy atom. The molecule has 1 rings (SSSR count). The van der Waals surface area contributed by atoms with Crippen molar-refractivity contribution in [2.75, 3.05) is 13.7 Å². The molecule has 3 nitrogen and oxygen atoms in total. The van der Waals surface area contributed by atoms with Crippen LogP contribution in [0.25, 0.3) is 0 Å². The standard InChI is InChI=1S/C14H23NO2/c1-5-15-13(10(2)3)14(16)11-7-6-8-12(9-11)17-4/h6-10,13-16H,5H2,1-4H3. The number of likely N-dealkylation sites (N-methyl/N-ethyl adjacent to an activating group) is 1. The van der Waals surface area contributed by atoms with Crippen LogP contribution in [0, 0.1) is 5.92 Å². The van der Waals surface area contributed by atoms with Crippen LogP contribution in [0.1, 0.15) is 32.4 Å². The quantitative estimate of drug-likeness (QED) is 0.798. The summed E-state index contributed by atoms with van der Waals surface area (Å²) in [6.45, 7) is 7.12. The first kappa shape index (κ1) is 14.0. The summed E-state index contributed by atoms with van der Waals surface area (Å²) in [5.41, 5.74) is 0.893. The Balaban J connectivity index is 2.88. The van der Waals surface area contributed by atoms with Gasteiger partial charge in [0.15, 0.2) is 0 Å². The number of hydrogen-bond donors (Lipinski definition) is 2. The second-order valence-electron chi connectivity index (χ2n) is 4.55. The molecule has 1 aromatic rings. The molecule has 0 amide bonds. The van der Waals surface area contributed by atoms with Crippen molar-refractivity contribution in [2.24, 2.45) is 5.92 Å². The Hall–Kier alpha value is -1.06. The lowest BCUT2D eigenvalue weighted by Gasteiger charge is -2.27. The molecule has 96 valence electrons. The summed E-state index contributed by atoms with van der Waals surface area (Å²) >= 11 is 0. The maximum absolute atomic E-state index is 10.4. The molecule has 0 aliphatic heterocycles. The van der Waals surface area contributed by atoms with Crippen LogP contribution in [0.2, 0.25) is 0 Å². The molecule has 0 aliphatic rings. The van der Waals surface area contributed by atoms with E-state index in [1.807, 2.05) is 31.2 Å². The molecule has 17 heavy (non-hydrogen) atoms. The molecule has 0 spiro atoms. The number of aliphatic hydroxyl groups is 1. The molecule has 0 fully saturated rings. The average Bonchev–Trinajstić information content (AvgIpc) is 2.34. The van der Waals surface area contributed by atoms with E-state index >= 15 is 0 Å². The highest BCUT2D eigenvalue weighted by molar-refractivity contribution is 5.30. The smallest absolute Gasteiger partial charge is 0.119 e. The number of ether oxygens (including phenoxy) is 1. The lowest BCUT2D eigenvalue weighted by atomic mass is 9.93. The van der Waals surface area contributed by atoms with Gasteiger partial charge in [-0.3, -0.25) is 0 Å². The maximum atomic E-state index is 10.4. The van der Waals surface area contributed by atoms with Crippen molar-refractivity contribution in [1.29, 1.82) is 0 Å². The molecule has 2 atom stereocenters. The van der Waals surface area contributed by atoms with E-state index < -0.39 is 6.10 Å². The number of hydrogen-bond acceptors (Lipinski definition) is 3. The van der Waals surface area contributed by atoms with E-state index in [2.05, 4.69) is 19.2 Å². The van der Waals surface area contributed by atoms with Crippen LogP contribution in [-0.4, -0.2) is 24.8 Å². The average molecular weight is 237 g/mol. The molecule has 1 aromatic carbocycles. The minimum Gasteiger partial charge on any atom is -0.497 e. The van der Waals surface area contributed by atoms with E-state index in [-0.39, 0.29) is 6.04 Å². The Morgan fingerprint density at radius 1 is 1.35 bits per heavy atom. The fourth-order valence-corrected chi connectivity index (χ4v) is 1.98. The first-order valence-electron chi connectivity index (χ1n) is 6.15. The van der Waals surface area contributed by atoms with Crippen molar-refractivity contribution in [3.63, 3.8) is 0 Å². The lowest BCUT2D eigenvalue weighted by Crippen LogP contribution is -2.39. The summed E-state index contributed by atoms with van der Waals surface area (Å²) in [6, 6.07) is 7.67. The van der Waals surface area contributed by atoms with Crippen molar-refractivity contribution < 1.29 is 9.84 Å². The first-order chi connectivity index (χ1) is 8.10. The SMILES string of the molecule is CCNC(C(C)C)C(O)c1cccc(OC)c1. The van der Waals surface area contributed by atoms with E-state index in [9.17, 15) is 5.11 Å².